The fourth-order valence-electron chi connectivity index (χ4n) is 0. The Labute approximate surface area is 103 Å². The summed E-state index contributed by atoms with van der Waals surface area (Å²) < 4.78 is 0. The number of carbonyl (C=O) groups is 1. The Hall–Kier alpha value is 1.69. The van der Waals surface area contributed by atoms with Crippen molar-refractivity contribution in [3.05, 3.63) is 0 Å². The number of carboxylic acid groups (broad SMARTS) is 1. The van der Waals surface area contributed by atoms with Gasteiger partial charge in [-0.15, -0.1) is 0 Å². The van der Waals surface area contributed by atoms with Crippen LogP contribution in [0.4, 0.5) is 0 Å². The molecule has 0 saturated carbocycles. The Balaban J connectivity index is -0.000000125. The molecular weight excluding hydrogens is 189 g/mol. The van der Waals surface area contributed by atoms with Crippen molar-refractivity contribution >= 4 is 57.4 Å². The van der Waals surface area contributed by atoms with E-state index in [1.165, 1.54) is 6.92 Å². The molecule has 0 aliphatic rings. The van der Waals surface area contributed by atoms with Crippen molar-refractivity contribution in [3.63, 3.8) is 0 Å². The molecule has 0 aliphatic carbocycles. The zero-order chi connectivity index (χ0) is 5.15. The fraction of sp³-hybridized carbons (Fsp3) is 0.667. The summed E-state index contributed by atoms with van der Waals surface area (Å²) in [7, 11) is 0. The largest absolute Gasteiger partial charge is 0 e. The summed E-state index contributed by atoms with van der Waals surface area (Å²) in [6.07, 6.45) is -1.23. The number of hydrogen-bond acceptors (Lipinski definition) is 2. The molecule has 0 aromatic carbocycles. The van der Waals surface area contributed by atoms with E-state index in [0.29, 0.717) is 0 Å². The van der Waals surface area contributed by atoms with E-state index in [2.05, 4.69) is 0 Å². The van der Waals surface area contributed by atoms with Crippen LogP contribution >= 0.6 is 0 Å². The Kier molecular flexibility index (Phi) is 17.8. The predicted octanol–water partition coefficient (Wildman–Crippen LogP) is -1.20. The Morgan fingerprint density at radius 2 is 1.75 bits per heavy atom. The van der Waals surface area contributed by atoms with Crippen molar-refractivity contribution in [2.45, 2.75) is 13.0 Å². The van der Waals surface area contributed by atoms with Crippen molar-refractivity contribution in [3.8, 4) is 0 Å². The topological polar surface area (TPSA) is 57.5 Å². The number of hydrogen-bond donors (Lipinski definition) is 2. The van der Waals surface area contributed by atoms with Crippen LogP contribution in [0.1, 0.15) is 6.92 Å². The molecule has 0 radical (unpaired) electrons. The van der Waals surface area contributed by atoms with E-state index in [0.717, 1.165) is 0 Å². The van der Waals surface area contributed by atoms with Crippen LogP contribution in [0.15, 0.2) is 0 Å². The van der Waals surface area contributed by atoms with E-state index in [4.69, 9.17) is 10.2 Å². The predicted molar refractivity (Wildman–Crippen MR) is 26.5 cm³/mol. The molecule has 0 bridgehead atoms. The van der Waals surface area contributed by atoms with Gasteiger partial charge < -0.3 is 10.2 Å². The second kappa shape index (κ2) is 8.69. The minimum atomic E-state index is -1.23. The molecule has 0 amide bonds. The molecular formula is C3H7KO3Zn. The summed E-state index contributed by atoms with van der Waals surface area (Å²) >= 11 is 0. The summed E-state index contributed by atoms with van der Waals surface area (Å²) in [4.78, 5) is 9.45. The molecule has 40 valence electrons. The van der Waals surface area contributed by atoms with E-state index in [1.54, 1.807) is 0 Å². The van der Waals surface area contributed by atoms with Gasteiger partial charge in [-0.25, -0.2) is 4.79 Å². The fourth-order valence-corrected chi connectivity index (χ4v) is 0. The average Bonchev–Trinajstić information content (AvgIpc) is 1.36. The van der Waals surface area contributed by atoms with E-state index in [-0.39, 0.29) is 70.9 Å². The van der Waals surface area contributed by atoms with Crippen LogP contribution in [0.5, 0.6) is 0 Å². The molecule has 0 aliphatic heterocycles. The minimum absolute atomic E-state index is 0. The van der Waals surface area contributed by atoms with Gasteiger partial charge in [-0.1, -0.05) is 0 Å². The van der Waals surface area contributed by atoms with E-state index in [1.807, 2.05) is 0 Å². The molecule has 0 aromatic rings. The van der Waals surface area contributed by atoms with Crippen molar-refractivity contribution in [1.82, 2.24) is 0 Å². The Bertz CT molecular complexity index is 65.5. The third-order valence-electron chi connectivity index (χ3n) is 0.357. The Morgan fingerprint density at radius 3 is 1.75 bits per heavy atom. The summed E-state index contributed by atoms with van der Waals surface area (Å²) in [6, 6.07) is 0. The van der Waals surface area contributed by atoms with Gasteiger partial charge in [-0.3, -0.25) is 0 Å². The quantitative estimate of drug-likeness (QED) is 0.517. The van der Waals surface area contributed by atoms with Crippen LogP contribution in [0.3, 0.4) is 0 Å². The van der Waals surface area contributed by atoms with Crippen molar-refractivity contribution < 1.29 is 34.5 Å². The first-order valence-corrected chi connectivity index (χ1v) is 1.55. The normalized spacial score (nSPS) is 10.2. The van der Waals surface area contributed by atoms with Crippen LogP contribution < -0.4 is 0 Å². The monoisotopic (exact) mass is 194 g/mol. The smallest absolute Gasteiger partial charge is 0 e. The number of aliphatic hydroxyl groups excluding tert-OH is 1. The van der Waals surface area contributed by atoms with Gasteiger partial charge in [-0.2, -0.15) is 0 Å². The molecule has 0 saturated heterocycles. The van der Waals surface area contributed by atoms with Crippen LogP contribution in [-0.2, 0) is 24.3 Å². The van der Waals surface area contributed by atoms with Crippen molar-refractivity contribution in [2.75, 3.05) is 0 Å². The summed E-state index contributed by atoms with van der Waals surface area (Å²) in [6.45, 7) is 1.20. The molecule has 0 spiro atoms. The van der Waals surface area contributed by atoms with Gasteiger partial charge in [-0.05, 0) is 6.92 Å². The molecule has 3 nitrogen and oxygen atoms in total. The molecule has 8 heavy (non-hydrogen) atoms. The van der Waals surface area contributed by atoms with E-state index < -0.39 is 12.1 Å². The van der Waals surface area contributed by atoms with Crippen molar-refractivity contribution in [2.24, 2.45) is 0 Å². The van der Waals surface area contributed by atoms with Gasteiger partial charge in [0.2, 0.25) is 0 Å². The van der Waals surface area contributed by atoms with E-state index in [9.17, 15) is 4.79 Å². The first-order chi connectivity index (χ1) is 2.64. The third-order valence-corrected chi connectivity index (χ3v) is 0.357. The molecule has 5 heteroatoms. The second-order valence-corrected chi connectivity index (χ2v) is 1.01. The maximum atomic E-state index is 9.45. The zero-order valence-corrected chi connectivity index (χ0v) is 7.05. The molecule has 1 atom stereocenters. The van der Waals surface area contributed by atoms with Crippen LogP contribution in [0.2, 0.25) is 0 Å². The van der Waals surface area contributed by atoms with E-state index >= 15 is 0 Å². The summed E-state index contributed by atoms with van der Waals surface area (Å²) in [5, 5.41) is 15.8. The van der Waals surface area contributed by atoms with Crippen LogP contribution in [0.25, 0.3) is 0 Å². The third kappa shape index (κ3) is 10.6. The zero-order valence-electron chi connectivity index (χ0n) is 4.09. The number of carboxylic acids is 1. The van der Waals surface area contributed by atoms with Gasteiger partial charge >= 0.3 is 57.4 Å². The minimum Gasteiger partial charge on any atom is 0 e. The van der Waals surface area contributed by atoms with Gasteiger partial charge in [0, 0.05) is 19.5 Å². The molecule has 1 unspecified atom stereocenters. The number of rotatable bonds is 1. The standard InChI is InChI=1S/C3H6O3.K.Zn.H/c1-2(4)3(5)6;;;/h2,4H,1H3,(H,5,6);;;. The molecule has 0 fully saturated rings. The average molecular weight is 196 g/mol. The molecule has 2 N–H and O–H groups in total. The maximum absolute atomic E-state index is 9.45. The second-order valence-electron chi connectivity index (χ2n) is 1.01. The number of aliphatic hydroxyl groups is 1. The summed E-state index contributed by atoms with van der Waals surface area (Å²) in [5.74, 6) is -1.19. The SMILES string of the molecule is CC(O)C(=O)O.[KH].[Zn]. The van der Waals surface area contributed by atoms with Gasteiger partial charge in [0.1, 0.15) is 6.10 Å². The molecule has 0 aromatic heterocycles. The van der Waals surface area contributed by atoms with Gasteiger partial charge in [0.25, 0.3) is 0 Å². The van der Waals surface area contributed by atoms with Crippen LogP contribution in [0, 0.1) is 0 Å². The molecule has 0 rings (SSSR count). The van der Waals surface area contributed by atoms with Gasteiger partial charge in [0.05, 0.1) is 0 Å². The molecule has 0 heterocycles. The maximum Gasteiger partial charge on any atom is 0 e. The van der Waals surface area contributed by atoms with Crippen molar-refractivity contribution in [1.29, 1.82) is 0 Å². The Morgan fingerprint density at radius 1 is 1.62 bits per heavy atom. The summed E-state index contributed by atoms with van der Waals surface area (Å²) in [5.41, 5.74) is 0. The van der Waals surface area contributed by atoms with Gasteiger partial charge in [0.15, 0.2) is 0 Å². The number of aliphatic carboxylic acids is 1. The first-order valence-electron chi connectivity index (χ1n) is 1.55. The van der Waals surface area contributed by atoms with Crippen LogP contribution in [-0.4, -0.2) is 73.7 Å². The first kappa shape index (κ1) is 16.3.